The first-order valence-electron chi connectivity index (χ1n) is 6.55. The molecule has 3 rings (SSSR count). The number of aromatic nitrogens is 3. The van der Waals surface area contributed by atoms with Crippen molar-refractivity contribution in [3.63, 3.8) is 0 Å². The van der Waals surface area contributed by atoms with Gasteiger partial charge < -0.3 is 0 Å². The van der Waals surface area contributed by atoms with Gasteiger partial charge in [0.15, 0.2) is 0 Å². The summed E-state index contributed by atoms with van der Waals surface area (Å²) in [6, 6.07) is 10.1. The van der Waals surface area contributed by atoms with Crippen LogP contribution >= 0.6 is 0 Å². The van der Waals surface area contributed by atoms with E-state index in [0.717, 1.165) is 11.4 Å². The minimum Gasteiger partial charge on any atom is -0.271 e. The number of para-hydroxylation sites is 1. The molecule has 0 aliphatic heterocycles. The highest BCUT2D eigenvalue weighted by atomic mass is 15.4. The molecule has 1 heterocycles. The molecule has 5 nitrogen and oxygen atoms in total. The lowest BCUT2D eigenvalue weighted by Crippen LogP contribution is -2.32. The van der Waals surface area contributed by atoms with E-state index in [1.807, 2.05) is 35.0 Å². The Hall–Kier alpha value is -1.72. The maximum Gasteiger partial charge on any atom is 0.0831 e. The van der Waals surface area contributed by atoms with Gasteiger partial charge in [0.2, 0.25) is 0 Å². The van der Waals surface area contributed by atoms with Crippen LogP contribution in [0.15, 0.2) is 36.5 Å². The topological polar surface area (TPSA) is 68.8 Å². The van der Waals surface area contributed by atoms with Crippen LogP contribution in [0.1, 0.15) is 32.0 Å². The van der Waals surface area contributed by atoms with Gasteiger partial charge in [-0.05, 0) is 29.9 Å². The Balaban J connectivity index is 1.96. The third-order valence-corrected chi connectivity index (χ3v) is 4.07. The molecule has 1 aromatic carbocycles. The van der Waals surface area contributed by atoms with Crippen molar-refractivity contribution in [1.82, 2.24) is 20.4 Å². The van der Waals surface area contributed by atoms with Gasteiger partial charge in [0, 0.05) is 0 Å². The SMILES string of the molecule is CC1(C)CC1C(NN)c1cnnn1-c1ccccc1. The Bertz CT molecular complexity index is 560. The summed E-state index contributed by atoms with van der Waals surface area (Å²) in [5.74, 6) is 6.28. The smallest absolute Gasteiger partial charge is 0.0831 e. The number of benzene rings is 1. The van der Waals surface area contributed by atoms with Crippen molar-refractivity contribution in [1.29, 1.82) is 0 Å². The molecule has 1 fully saturated rings. The van der Waals surface area contributed by atoms with Crippen molar-refractivity contribution in [2.24, 2.45) is 17.2 Å². The van der Waals surface area contributed by atoms with E-state index < -0.39 is 0 Å². The Labute approximate surface area is 112 Å². The molecule has 1 saturated carbocycles. The van der Waals surface area contributed by atoms with Crippen LogP contribution in [0, 0.1) is 11.3 Å². The predicted octanol–water partition coefficient (Wildman–Crippen LogP) is 1.82. The van der Waals surface area contributed by atoms with Crippen LogP contribution in [-0.4, -0.2) is 15.0 Å². The second-order valence-electron chi connectivity index (χ2n) is 5.85. The van der Waals surface area contributed by atoms with E-state index in [1.54, 1.807) is 6.20 Å². The van der Waals surface area contributed by atoms with Crippen molar-refractivity contribution < 1.29 is 0 Å². The molecule has 2 atom stereocenters. The highest BCUT2D eigenvalue weighted by molar-refractivity contribution is 5.32. The van der Waals surface area contributed by atoms with Crippen molar-refractivity contribution in [3.05, 3.63) is 42.2 Å². The number of hydrogen-bond acceptors (Lipinski definition) is 4. The lowest BCUT2D eigenvalue weighted by atomic mass is 10.0. The van der Waals surface area contributed by atoms with Gasteiger partial charge in [-0.25, -0.2) is 4.68 Å². The largest absolute Gasteiger partial charge is 0.271 e. The molecule has 1 aromatic heterocycles. The molecule has 0 radical (unpaired) electrons. The Morgan fingerprint density at radius 2 is 2.05 bits per heavy atom. The third kappa shape index (κ3) is 2.15. The van der Waals surface area contributed by atoms with Crippen LogP contribution in [0.4, 0.5) is 0 Å². The average molecular weight is 257 g/mol. The van der Waals surface area contributed by atoms with E-state index in [9.17, 15) is 0 Å². The van der Waals surface area contributed by atoms with Gasteiger partial charge in [0.1, 0.15) is 0 Å². The summed E-state index contributed by atoms with van der Waals surface area (Å²) in [7, 11) is 0. The molecule has 1 aliphatic rings. The second-order valence-corrected chi connectivity index (χ2v) is 5.85. The van der Waals surface area contributed by atoms with Gasteiger partial charge in [-0.3, -0.25) is 11.3 Å². The van der Waals surface area contributed by atoms with E-state index >= 15 is 0 Å². The van der Waals surface area contributed by atoms with Gasteiger partial charge in [-0.2, -0.15) is 0 Å². The highest BCUT2D eigenvalue weighted by Crippen LogP contribution is 2.57. The molecule has 3 N–H and O–H groups in total. The Morgan fingerprint density at radius 1 is 1.37 bits per heavy atom. The number of nitrogens with zero attached hydrogens (tertiary/aromatic N) is 3. The first kappa shape index (κ1) is 12.3. The van der Waals surface area contributed by atoms with Gasteiger partial charge in [-0.15, -0.1) is 5.10 Å². The van der Waals surface area contributed by atoms with E-state index in [1.165, 1.54) is 6.42 Å². The molecular formula is C14H19N5. The van der Waals surface area contributed by atoms with Gasteiger partial charge in [-0.1, -0.05) is 37.3 Å². The first-order valence-corrected chi connectivity index (χ1v) is 6.55. The maximum atomic E-state index is 5.75. The zero-order valence-corrected chi connectivity index (χ0v) is 11.2. The highest BCUT2D eigenvalue weighted by Gasteiger charge is 2.51. The van der Waals surface area contributed by atoms with Crippen LogP contribution in [0.3, 0.4) is 0 Å². The van der Waals surface area contributed by atoms with Gasteiger partial charge in [0.05, 0.1) is 23.6 Å². The van der Waals surface area contributed by atoms with Gasteiger partial charge in [0.25, 0.3) is 0 Å². The van der Waals surface area contributed by atoms with Gasteiger partial charge >= 0.3 is 0 Å². The van der Waals surface area contributed by atoms with E-state index in [2.05, 4.69) is 29.6 Å². The fourth-order valence-electron chi connectivity index (χ4n) is 2.71. The molecule has 5 heteroatoms. The van der Waals surface area contributed by atoms with Crippen molar-refractivity contribution in [2.75, 3.05) is 0 Å². The minimum absolute atomic E-state index is 0.0882. The standard InChI is InChI=1S/C14H19N5/c1-14(2)8-11(14)13(17-15)12-9-16-18-19(12)10-6-4-3-5-7-10/h3-7,9,11,13,17H,8,15H2,1-2H3. The number of nitrogens with one attached hydrogen (secondary N) is 1. The number of hydrazine groups is 1. The van der Waals surface area contributed by atoms with Crippen molar-refractivity contribution in [2.45, 2.75) is 26.3 Å². The molecule has 1 aliphatic carbocycles. The van der Waals surface area contributed by atoms with Crippen LogP contribution in [0.2, 0.25) is 0 Å². The van der Waals surface area contributed by atoms with Crippen LogP contribution in [0.5, 0.6) is 0 Å². The normalized spacial score (nSPS) is 22.2. The summed E-state index contributed by atoms with van der Waals surface area (Å²) < 4.78 is 1.86. The third-order valence-electron chi connectivity index (χ3n) is 4.07. The Morgan fingerprint density at radius 3 is 2.63 bits per heavy atom. The molecule has 0 bridgehead atoms. The number of rotatable bonds is 4. The monoisotopic (exact) mass is 257 g/mol. The number of nitrogens with two attached hydrogens (primary N) is 1. The van der Waals surface area contributed by atoms with E-state index in [4.69, 9.17) is 5.84 Å². The predicted molar refractivity (Wildman–Crippen MR) is 73.3 cm³/mol. The molecule has 0 amide bonds. The maximum absolute atomic E-state index is 5.75. The molecule has 100 valence electrons. The summed E-state index contributed by atoms with van der Waals surface area (Å²) in [5.41, 5.74) is 5.29. The lowest BCUT2D eigenvalue weighted by molar-refractivity contribution is 0.408. The molecular weight excluding hydrogens is 238 g/mol. The summed E-state index contributed by atoms with van der Waals surface area (Å²) >= 11 is 0. The van der Waals surface area contributed by atoms with Crippen LogP contribution < -0.4 is 11.3 Å². The minimum atomic E-state index is 0.0882. The molecule has 0 spiro atoms. The zero-order chi connectivity index (χ0) is 13.5. The number of hydrogen-bond donors (Lipinski definition) is 2. The zero-order valence-electron chi connectivity index (χ0n) is 11.2. The fourth-order valence-corrected chi connectivity index (χ4v) is 2.71. The summed E-state index contributed by atoms with van der Waals surface area (Å²) in [6.45, 7) is 4.53. The quantitative estimate of drug-likeness (QED) is 0.647. The fraction of sp³-hybridized carbons (Fsp3) is 0.429. The molecule has 2 unspecified atom stereocenters. The Kier molecular flexibility index (Phi) is 2.88. The van der Waals surface area contributed by atoms with E-state index in [-0.39, 0.29) is 6.04 Å². The second kappa shape index (κ2) is 4.43. The van der Waals surface area contributed by atoms with Crippen molar-refractivity contribution in [3.8, 4) is 5.69 Å². The molecule has 2 aromatic rings. The summed E-state index contributed by atoms with van der Waals surface area (Å²) in [5, 5.41) is 8.23. The van der Waals surface area contributed by atoms with Crippen LogP contribution in [0.25, 0.3) is 5.69 Å². The van der Waals surface area contributed by atoms with Crippen molar-refractivity contribution >= 4 is 0 Å². The lowest BCUT2D eigenvalue weighted by Gasteiger charge is -2.18. The summed E-state index contributed by atoms with van der Waals surface area (Å²) in [4.78, 5) is 0. The molecule has 0 saturated heterocycles. The average Bonchev–Trinajstić information content (AvgIpc) is 2.85. The molecule has 19 heavy (non-hydrogen) atoms. The van der Waals surface area contributed by atoms with Crippen LogP contribution in [-0.2, 0) is 0 Å². The van der Waals surface area contributed by atoms with E-state index in [0.29, 0.717) is 11.3 Å². The first-order chi connectivity index (χ1) is 9.13. The summed E-state index contributed by atoms with van der Waals surface area (Å²) in [6.07, 6.45) is 2.97.